The molecular weight excluding hydrogens is 711 g/mol. The Bertz CT molecular complexity index is 3200. The second-order valence-corrected chi connectivity index (χ2v) is 15.5. The van der Waals surface area contributed by atoms with Crippen LogP contribution in [0, 0.1) is 0 Å². The van der Waals surface area contributed by atoms with Gasteiger partial charge in [0.05, 0.1) is 0 Å². The molecule has 0 saturated carbocycles. The number of nitrogens with zero attached hydrogens (tertiary/aromatic N) is 1. The van der Waals surface area contributed by atoms with Gasteiger partial charge >= 0.3 is 0 Å². The van der Waals surface area contributed by atoms with Crippen LogP contribution in [0.2, 0.25) is 0 Å². The van der Waals surface area contributed by atoms with E-state index in [-0.39, 0.29) is 0 Å². The van der Waals surface area contributed by atoms with Crippen LogP contribution in [-0.4, -0.2) is 0 Å². The standard InChI is InChI=1S/C54H35NOS/c1-3-12-36(13-4-1)37-22-28-41(29-23-37)55(42-30-24-39(25-31-42)44-18-11-19-47-46-17-8-10-21-53(46)57-54(44)47)43-32-26-40(27-33-43)49-35-52-50(45-16-7-9-20-51(45)56-52)34-48(49)38-14-5-2-6-15-38/h1-35H. The van der Waals surface area contributed by atoms with Crippen LogP contribution in [-0.2, 0) is 0 Å². The number of fused-ring (bicyclic) bond motifs is 6. The van der Waals surface area contributed by atoms with E-state index in [2.05, 4.69) is 205 Å². The summed E-state index contributed by atoms with van der Waals surface area (Å²) in [5, 5.41) is 4.89. The lowest BCUT2D eigenvalue weighted by atomic mass is 9.92. The van der Waals surface area contributed by atoms with Crippen LogP contribution in [0.15, 0.2) is 217 Å². The fraction of sp³-hybridized carbons (Fsp3) is 0. The lowest BCUT2D eigenvalue weighted by Gasteiger charge is -2.26. The molecule has 0 amide bonds. The first-order valence-electron chi connectivity index (χ1n) is 19.3. The van der Waals surface area contributed by atoms with Crippen molar-refractivity contribution < 1.29 is 4.42 Å². The number of hydrogen-bond acceptors (Lipinski definition) is 3. The first kappa shape index (κ1) is 33.2. The van der Waals surface area contributed by atoms with Gasteiger partial charge in [-0.25, -0.2) is 0 Å². The summed E-state index contributed by atoms with van der Waals surface area (Å²) in [6, 6.07) is 76.3. The van der Waals surface area contributed by atoms with Crippen molar-refractivity contribution in [2.75, 3.05) is 4.90 Å². The van der Waals surface area contributed by atoms with Crippen LogP contribution in [0.4, 0.5) is 17.1 Å². The Morgan fingerprint density at radius 3 is 1.49 bits per heavy atom. The third kappa shape index (κ3) is 5.88. The van der Waals surface area contributed by atoms with E-state index >= 15 is 0 Å². The Hall–Kier alpha value is -7.20. The summed E-state index contributed by atoms with van der Waals surface area (Å²) in [4.78, 5) is 2.35. The smallest absolute Gasteiger partial charge is 0.136 e. The molecule has 0 atom stereocenters. The van der Waals surface area contributed by atoms with Gasteiger partial charge in [-0.3, -0.25) is 0 Å². The van der Waals surface area contributed by atoms with Gasteiger partial charge in [0.25, 0.3) is 0 Å². The minimum Gasteiger partial charge on any atom is -0.456 e. The third-order valence-corrected chi connectivity index (χ3v) is 12.3. The van der Waals surface area contributed by atoms with E-state index in [0.29, 0.717) is 0 Å². The lowest BCUT2D eigenvalue weighted by Crippen LogP contribution is -2.09. The number of benzene rings is 9. The molecule has 2 heterocycles. The zero-order chi connectivity index (χ0) is 37.7. The van der Waals surface area contributed by atoms with Gasteiger partial charge in [-0.1, -0.05) is 152 Å². The van der Waals surface area contributed by atoms with E-state index in [1.807, 2.05) is 23.5 Å². The molecule has 9 aromatic carbocycles. The highest BCUT2D eigenvalue weighted by Crippen LogP contribution is 2.43. The van der Waals surface area contributed by atoms with E-state index in [1.165, 1.54) is 53.6 Å². The normalized spacial score (nSPS) is 11.5. The fourth-order valence-corrected chi connectivity index (χ4v) is 9.54. The number of hydrogen-bond donors (Lipinski definition) is 0. The second kappa shape index (κ2) is 13.8. The molecule has 0 radical (unpaired) electrons. The van der Waals surface area contributed by atoms with Crippen LogP contribution in [0.25, 0.3) is 86.6 Å². The van der Waals surface area contributed by atoms with E-state index < -0.39 is 0 Å². The van der Waals surface area contributed by atoms with Gasteiger partial charge in [-0.15, -0.1) is 11.3 Å². The highest BCUT2D eigenvalue weighted by atomic mass is 32.1. The number of para-hydroxylation sites is 1. The Balaban J connectivity index is 1.01. The molecule has 57 heavy (non-hydrogen) atoms. The number of rotatable bonds is 7. The first-order chi connectivity index (χ1) is 28.2. The van der Waals surface area contributed by atoms with Gasteiger partial charge in [0.2, 0.25) is 0 Å². The average molecular weight is 746 g/mol. The van der Waals surface area contributed by atoms with E-state index in [1.54, 1.807) is 0 Å². The molecule has 3 heteroatoms. The van der Waals surface area contributed by atoms with Crippen molar-refractivity contribution in [1.82, 2.24) is 0 Å². The predicted molar refractivity (Wildman–Crippen MR) is 243 cm³/mol. The van der Waals surface area contributed by atoms with Crippen LogP contribution in [0.3, 0.4) is 0 Å². The molecule has 0 aliphatic rings. The summed E-state index contributed by atoms with van der Waals surface area (Å²) in [6.45, 7) is 0. The van der Waals surface area contributed by atoms with Crippen LogP contribution >= 0.6 is 11.3 Å². The van der Waals surface area contributed by atoms with Crippen LogP contribution < -0.4 is 4.90 Å². The molecule has 0 fully saturated rings. The second-order valence-electron chi connectivity index (χ2n) is 14.5. The molecule has 0 unspecified atom stereocenters. The Morgan fingerprint density at radius 2 is 0.807 bits per heavy atom. The minimum absolute atomic E-state index is 0.890. The Morgan fingerprint density at radius 1 is 0.316 bits per heavy atom. The molecule has 0 aliphatic carbocycles. The Labute approximate surface area is 335 Å². The van der Waals surface area contributed by atoms with Crippen LogP contribution in [0.1, 0.15) is 0 Å². The molecule has 11 aromatic rings. The van der Waals surface area contributed by atoms with Crippen molar-refractivity contribution in [2.24, 2.45) is 0 Å². The number of furan rings is 1. The first-order valence-corrected chi connectivity index (χ1v) is 20.1. The molecule has 11 rings (SSSR count). The van der Waals surface area contributed by atoms with Crippen molar-refractivity contribution in [1.29, 1.82) is 0 Å². The largest absolute Gasteiger partial charge is 0.456 e. The molecule has 0 aliphatic heterocycles. The Kier molecular flexibility index (Phi) is 8.04. The molecule has 0 N–H and O–H groups in total. The maximum absolute atomic E-state index is 6.40. The topological polar surface area (TPSA) is 16.4 Å². The minimum atomic E-state index is 0.890. The van der Waals surface area contributed by atoms with E-state index in [9.17, 15) is 0 Å². The monoisotopic (exact) mass is 745 g/mol. The average Bonchev–Trinajstić information content (AvgIpc) is 3.86. The van der Waals surface area contributed by atoms with E-state index in [4.69, 9.17) is 4.42 Å². The fourth-order valence-electron chi connectivity index (χ4n) is 8.30. The lowest BCUT2D eigenvalue weighted by molar-refractivity contribution is 0.669. The maximum atomic E-state index is 6.40. The zero-order valence-corrected chi connectivity index (χ0v) is 31.8. The molecule has 0 spiro atoms. The summed E-state index contributed by atoms with van der Waals surface area (Å²) in [6.07, 6.45) is 0. The van der Waals surface area contributed by atoms with Crippen molar-refractivity contribution >= 4 is 70.5 Å². The quantitative estimate of drug-likeness (QED) is 0.162. The zero-order valence-electron chi connectivity index (χ0n) is 31.0. The summed E-state index contributed by atoms with van der Waals surface area (Å²) in [5.74, 6) is 0. The third-order valence-electron chi connectivity index (χ3n) is 11.1. The van der Waals surface area contributed by atoms with Crippen molar-refractivity contribution in [3.8, 4) is 44.5 Å². The van der Waals surface area contributed by atoms with Gasteiger partial charge < -0.3 is 9.32 Å². The number of thiophene rings is 1. The molecule has 268 valence electrons. The molecule has 0 bridgehead atoms. The van der Waals surface area contributed by atoms with Gasteiger partial charge in [0.15, 0.2) is 0 Å². The highest BCUT2D eigenvalue weighted by Gasteiger charge is 2.18. The van der Waals surface area contributed by atoms with Crippen molar-refractivity contribution in [3.05, 3.63) is 212 Å². The van der Waals surface area contributed by atoms with Gasteiger partial charge in [0.1, 0.15) is 11.2 Å². The predicted octanol–water partition coefficient (Wildman–Crippen LogP) is 16.1. The molecular formula is C54H35NOS. The van der Waals surface area contributed by atoms with Crippen molar-refractivity contribution in [3.63, 3.8) is 0 Å². The van der Waals surface area contributed by atoms with Crippen LogP contribution in [0.5, 0.6) is 0 Å². The van der Waals surface area contributed by atoms with E-state index in [0.717, 1.165) is 50.1 Å². The maximum Gasteiger partial charge on any atom is 0.136 e. The van der Waals surface area contributed by atoms with Crippen molar-refractivity contribution in [2.45, 2.75) is 0 Å². The van der Waals surface area contributed by atoms with Gasteiger partial charge in [-0.2, -0.15) is 0 Å². The molecule has 2 aromatic heterocycles. The van der Waals surface area contributed by atoms with Gasteiger partial charge in [-0.05, 0) is 105 Å². The molecule has 0 saturated heterocycles. The molecule has 2 nitrogen and oxygen atoms in total. The summed E-state index contributed by atoms with van der Waals surface area (Å²) >= 11 is 1.87. The summed E-state index contributed by atoms with van der Waals surface area (Å²) in [5.41, 5.74) is 14.5. The number of anilines is 3. The highest BCUT2D eigenvalue weighted by molar-refractivity contribution is 7.26. The van der Waals surface area contributed by atoms with Gasteiger partial charge in [0, 0.05) is 48.0 Å². The summed E-state index contributed by atoms with van der Waals surface area (Å²) < 4.78 is 9.04. The SMILES string of the molecule is c1ccc(-c2ccc(N(c3ccc(-c4cc5oc6ccccc6c5cc4-c4ccccc4)cc3)c3ccc(-c4cccc5c4sc4ccccc45)cc3)cc2)cc1. The summed E-state index contributed by atoms with van der Waals surface area (Å²) in [7, 11) is 0.